The molecule has 0 amide bonds. The molecule has 0 aliphatic carbocycles. The van der Waals surface area contributed by atoms with Crippen LogP contribution in [0.4, 0.5) is 0 Å². The number of hydrogen-bond acceptors (Lipinski definition) is 5. The summed E-state index contributed by atoms with van der Waals surface area (Å²) in [4.78, 5) is 12.2. The summed E-state index contributed by atoms with van der Waals surface area (Å²) in [5, 5.41) is 20.3. The first-order chi connectivity index (χ1) is 8.56. The van der Waals surface area contributed by atoms with Crippen LogP contribution in [0.1, 0.15) is 21.7 Å². The van der Waals surface area contributed by atoms with Gasteiger partial charge >= 0.3 is 5.97 Å². The second kappa shape index (κ2) is 4.82. The fourth-order valence-electron chi connectivity index (χ4n) is 1.49. The van der Waals surface area contributed by atoms with Crippen molar-refractivity contribution in [2.75, 3.05) is 0 Å². The third-order valence-electron chi connectivity index (χ3n) is 2.35. The number of aromatic nitrogens is 4. The molecule has 7 nitrogen and oxygen atoms in total. The van der Waals surface area contributed by atoms with E-state index >= 15 is 0 Å². The first kappa shape index (κ1) is 12.0. The number of carbonyl (C=O) groups is 1. The third kappa shape index (κ3) is 2.62. The average Bonchev–Trinajstić information content (AvgIpc) is 2.72. The van der Waals surface area contributed by atoms with Gasteiger partial charge in [0.15, 0.2) is 6.61 Å². The predicted octanol–water partition coefficient (Wildman–Crippen LogP) is 0.796. The average molecular weight is 248 g/mol. The largest absolute Gasteiger partial charge is 0.485 e. The van der Waals surface area contributed by atoms with E-state index in [-0.39, 0.29) is 12.2 Å². The fraction of sp³-hybridized carbons (Fsp3) is 0.273. The van der Waals surface area contributed by atoms with Crippen LogP contribution in [0.5, 0.6) is 5.75 Å². The molecule has 0 saturated heterocycles. The number of aryl methyl sites for hydroxylation is 2. The fourth-order valence-corrected chi connectivity index (χ4v) is 1.49. The summed E-state index contributed by atoms with van der Waals surface area (Å²) in [6.45, 7) is 1.91. The van der Waals surface area contributed by atoms with Gasteiger partial charge < -0.3 is 9.84 Å². The van der Waals surface area contributed by atoms with E-state index in [4.69, 9.17) is 9.84 Å². The number of carboxylic acid groups (broad SMARTS) is 1. The van der Waals surface area contributed by atoms with Crippen LogP contribution < -0.4 is 4.74 Å². The van der Waals surface area contributed by atoms with Crippen molar-refractivity contribution in [3.05, 3.63) is 35.2 Å². The number of benzene rings is 1. The highest BCUT2D eigenvalue weighted by Gasteiger charge is 2.08. The molecule has 18 heavy (non-hydrogen) atoms. The molecule has 1 aromatic heterocycles. The Bertz CT molecular complexity index is 579. The quantitative estimate of drug-likeness (QED) is 0.860. The topological polar surface area (TPSA) is 90.1 Å². The molecule has 0 bridgehead atoms. The van der Waals surface area contributed by atoms with Gasteiger partial charge in [-0.25, -0.2) is 4.79 Å². The lowest BCUT2D eigenvalue weighted by Crippen LogP contribution is -2.02. The van der Waals surface area contributed by atoms with Gasteiger partial charge in [-0.15, -0.1) is 10.2 Å². The van der Waals surface area contributed by atoms with Crippen LogP contribution in [0.25, 0.3) is 0 Å². The summed E-state index contributed by atoms with van der Waals surface area (Å²) in [5.41, 5.74) is 0.909. The summed E-state index contributed by atoms with van der Waals surface area (Å²) in [5.74, 6) is 0.0945. The number of tetrazole rings is 1. The van der Waals surface area contributed by atoms with E-state index in [1.54, 1.807) is 26.1 Å². The van der Waals surface area contributed by atoms with E-state index in [9.17, 15) is 4.79 Å². The van der Waals surface area contributed by atoms with Gasteiger partial charge in [-0.3, -0.25) is 0 Å². The monoisotopic (exact) mass is 248 g/mol. The minimum atomic E-state index is -0.949. The molecule has 1 heterocycles. The molecule has 0 aliphatic rings. The summed E-state index contributed by atoms with van der Waals surface area (Å²) < 4.78 is 5.45. The zero-order chi connectivity index (χ0) is 13.1. The van der Waals surface area contributed by atoms with E-state index in [1.165, 1.54) is 10.9 Å². The molecule has 0 atom stereocenters. The lowest BCUT2D eigenvalue weighted by atomic mass is 10.1. The van der Waals surface area contributed by atoms with E-state index in [0.29, 0.717) is 17.1 Å². The van der Waals surface area contributed by atoms with Gasteiger partial charge in [0, 0.05) is 0 Å². The molecule has 0 fully saturated rings. The number of rotatable bonds is 4. The zero-order valence-corrected chi connectivity index (χ0v) is 9.99. The number of nitrogens with zero attached hydrogens (tertiary/aromatic N) is 4. The molecule has 0 aliphatic heterocycles. The third-order valence-corrected chi connectivity index (χ3v) is 2.35. The lowest BCUT2D eigenvalue weighted by Gasteiger charge is -2.06. The molecule has 1 N–H and O–H groups in total. The first-order valence-corrected chi connectivity index (χ1v) is 5.26. The maximum Gasteiger partial charge on any atom is 0.335 e. The minimum Gasteiger partial charge on any atom is -0.485 e. The van der Waals surface area contributed by atoms with Gasteiger partial charge in [-0.2, -0.15) is 4.80 Å². The van der Waals surface area contributed by atoms with Crippen molar-refractivity contribution in [3.8, 4) is 5.75 Å². The highest BCUT2D eigenvalue weighted by Crippen LogP contribution is 2.17. The van der Waals surface area contributed by atoms with E-state index < -0.39 is 5.97 Å². The molecule has 2 rings (SSSR count). The molecular weight excluding hydrogens is 236 g/mol. The summed E-state index contributed by atoms with van der Waals surface area (Å²) in [7, 11) is 1.67. The lowest BCUT2D eigenvalue weighted by molar-refractivity contribution is 0.0696. The van der Waals surface area contributed by atoms with Crippen molar-refractivity contribution < 1.29 is 14.6 Å². The molecular formula is C11H12N4O3. The number of ether oxygens (including phenoxy) is 1. The normalized spacial score (nSPS) is 10.3. The molecule has 0 unspecified atom stereocenters. The SMILES string of the molecule is Cc1cc(OCc2nnn(C)n2)ccc1C(=O)O. The van der Waals surface area contributed by atoms with Crippen molar-refractivity contribution in [2.24, 2.45) is 7.05 Å². The van der Waals surface area contributed by atoms with E-state index in [0.717, 1.165) is 0 Å². The van der Waals surface area contributed by atoms with Crippen molar-refractivity contribution in [3.63, 3.8) is 0 Å². The Labute approximate surface area is 103 Å². The van der Waals surface area contributed by atoms with Crippen LogP contribution in [0.15, 0.2) is 18.2 Å². The molecule has 0 radical (unpaired) electrons. The molecule has 94 valence electrons. The van der Waals surface area contributed by atoms with Crippen LogP contribution in [0, 0.1) is 6.92 Å². The first-order valence-electron chi connectivity index (χ1n) is 5.26. The van der Waals surface area contributed by atoms with E-state index in [1.807, 2.05) is 0 Å². The molecule has 7 heteroatoms. The van der Waals surface area contributed by atoms with Crippen LogP contribution in [0.3, 0.4) is 0 Å². The van der Waals surface area contributed by atoms with Crippen molar-refractivity contribution in [2.45, 2.75) is 13.5 Å². The summed E-state index contributed by atoms with van der Waals surface area (Å²) >= 11 is 0. The number of carboxylic acids is 1. The Morgan fingerprint density at radius 3 is 2.83 bits per heavy atom. The van der Waals surface area contributed by atoms with Gasteiger partial charge in [0.2, 0.25) is 5.82 Å². The van der Waals surface area contributed by atoms with Crippen LogP contribution in [-0.2, 0) is 13.7 Å². The van der Waals surface area contributed by atoms with Gasteiger partial charge in [0.1, 0.15) is 5.75 Å². The maximum absolute atomic E-state index is 10.8. The molecule has 2 aromatic rings. The number of aromatic carboxylic acids is 1. The van der Waals surface area contributed by atoms with Crippen LogP contribution in [-0.4, -0.2) is 31.3 Å². The Morgan fingerprint density at radius 2 is 2.28 bits per heavy atom. The summed E-state index contributed by atoms with van der Waals surface area (Å²) in [6.07, 6.45) is 0. The van der Waals surface area contributed by atoms with Crippen molar-refractivity contribution in [1.29, 1.82) is 0 Å². The molecule has 1 aromatic carbocycles. The van der Waals surface area contributed by atoms with Gasteiger partial charge in [0.05, 0.1) is 12.6 Å². The van der Waals surface area contributed by atoms with Crippen molar-refractivity contribution >= 4 is 5.97 Å². The number of hydrogen-bond donors (Lipinski definition) is 1. The molecule has 0 saturated carbocycles. The van der Waals surface area contributed by atoms with Crippen molar-refractivity contribution in [1.82, 2.24) is 20.2 Å². The Kier molecular flexibility index (Phi) is 3.22. The molecule has 0 spiro atoms. The van der Waals surface area contributed by atoms with Crippen LogP contribution >= 0.6 is 0 Å². The van der Waals surface area contributed by atoms with Gasteiger partial charge in [-0.05, 0) is 35.9 Å². The Hall–Kier alpha value is -2.44. The Balaban J connectivity index is 2.06. The van der Waals surface area contributed by atoms with Gasteiger partial charge in [-0.1, -0.05) is 0 Å². The maximum atomic E-state index is 10.8. The summed E-state index contributed by atoms with van der Waals surface area (Å²) in [6, 6.07) is 4.78. The Morgan fingerprint density at radius 1 is 1.50 bits per heavy atom. The van der Waals surface area contributed by atoms with E-state index in [2.05, 4.69) is 15.4 Å². The highest BCUT2D eigenvalue weighted by atomic mass is 16.5. The second-order valence-corrected chi connectivity index (χ2v) is 3.77. The van der Waals surface area contributed by atoms with Crippen LogP contribution in [0.2, 0.25) is 0 Å². The van der Waals surface area contributed by atoms with Gasteiger partial charge in [0.25, 0.3) is 0 Å². The smallest absolute Gasteiger partial charge is 0.335 e. The minimum absolute atomic E-state index is 0.194. The zero-order valence-electron chi connectivity index (χ0n) is 9.99. The standard InChI is InChI=1S/C11H12N4O3/c1-7-5-8(3-4-9(7)11(16)17)18-6-10-12-14-15(2)13-10/h3-5H,6H2,1-2H3,(H,16,17). The highest BCUT2D eigenvalue weighted by molar-refractivity contribution is 5.89. The predicted molar refractivity (Wildman–Crippen MR) is 61.3 cm³/mol. The second-order valence-electron chi connectivity index (χ2n) is 3.77.